The van der Waals surface area contributed by atoms with Gasteiger partial charge in [0.25, 0.3) is 5.91 Å². The number of halogens is 2. The van der Waals surface area contributed by atoms with Gasteiger partial charge in [-0.3, -0.25) is 4.79 Å². The molecule has 1 amide bonds. The maximum Gasteiger partial charge on any atom is 0.276 e. The standard InChI is InChI=1S/C16H14F2N2O3/c17-9-3-4-12(18)11(6-9)13-7-10(21)8-20(13)16(23)15-14(22)2-1-5-19-15/h1-6,10,13,21-22H,7-8H2/t10-,13-/m1/s1. The molecule has 7 heteroatoms. The van der Waals surface area contributed by atoms with Crippen molar-refractivity contribution in [2.24, 2.45) is 0 Å². The van der Waals surface area contributed by atoms with Crippen molar-refractivity contribution in [3.8, 4) is 5.75 Å². The second-order valence-corrected chi connectivity index (χ2v) is 5.40. The summed E-state index contributed by atoms with van der Waals surface area (Å²) in [5.74, 6) is -2.24. The van der Waals surface area contributed by atoms with E-state index in [1.54, 1.807) is 0 Å². The fourth-order valence-electron chi connectivity index (χ4n) is 2.80. The van der Waals surface area contributed by atoms with Crippen LogP contribution in [-0.2, 0) is 0 Å². The molecule has 0 radical (unpaired) electrons. The van der Waals surface area contributed by atoms with Crippen LogP contribution in [0.15, 0.2) is 36.5 Å². The highest BCUT2D eigenvalue weighted by atomic mass is 19.1. The summed E-state index contributed by atoms with van der Waals surface area (Å²) in [4.78, 5) is 17.6. The quantitative estimate of drug-likeness (QED) is 0.888. The molecule has 1 aromatic heterocycles. The number of amides is 1. The van der Waals surface area contributed by atoms with Gasteiger partial charge in [-0.15, -0.1) is 0 Å². The van der Waals surface area contributed by atoms with Crippen molar-refractivity contribution in [3.63, 3.8) is 0 Å². The fraction of sp³-hybridized carbons (Fsp3) is 0.250. The van der Waals surface area contributed by atoms with Crippen molar-refractivity contribution in [1.82, 2.24) is 9.88 Å². The summed E-state index contributed by atoms with van der Waals surface area (Å²) in [7, 11) is 0. The van der Waals surface area contributed by atoms with Crippen molar-refractivity contribution in [1.29, 1.82) is 0 Å². The first-order valence-corrected chi connectivity index (χ1v) is 7.05. The highest BCUT2D eigenvalue weighted by Gasteiger charge is 2.38. The maximum atomic E-state index is 14.0. The molecule has 1 fully saturated rings. The second kappa shape index (κ2) is 5.92. The van der Waals surface area contributed by atoms with E-state index in [2.05, 4.69) is 4.98 Å². The molecule has 0 aliphatic carbocycles. The zero-order valence-electron chi connectivity index (χ0n) is 12.0. The van der Waals surface area contributed by atoms with Gasteiger partial charge in [0.05, 0.1) is 12.1 Å². The summed E-state index contributed by atoms with van der Waals surface area (Å²) >= 11 is 0. The minimum atomic E-state index is -0.863. The number of benzene rings is 1. The van der Waals surface area contributed by atoms with Crippen molar-refractivity contribution < 1.29 is 23.8 Å². The Balaban J connectivity index is 1.99. The zero-order valence-corrected chi connectivity index (χ0v) is 12.0. The van der Waals surface area contributed by atoms with Gasteiger partial charge < -0.3 is 15.1 Å². The molecule has 0 saturated carbocycles. The van der Waals surface area contributed by atoms with E-state index in [0.29, 0.717) is 0 Å². The molecular formula is C16H14F2N2O3. The minimum Gasteiger partial charge on any atom is -0.505 e. The number of β-amino-alcohol motifs (C(OH)–C–C–N with tert-alkyl or cyclic N) is 1. The molecule has 120 valence electrons. The van der Waals surface area contributed by atoms with Crippen LogP contribution in [0.25, 0.3) is 0 Å². The predicted octanol–water partition coefficient (Wildman–Crippen LogP) is 2.01. The Morgan fingerprint density at radius 3 is 2.83 bits per heavy atom. The zero-order chi connectivity index (χ0) is 16.6. The van der Waals surface area contributed by atoms with E-state index in [1.807, 2.05) is 0 Å². The number of rotatable bonds is 2. The Bertz CT molecular complexity index is 754. The number of aromatic hydroxyl groups is 1. The summed E-state index contributed by atoms with van der Waals surface area (Å²) < 4.78 is 27.4. The van der Waals surface area contributed by atoms with Crippen molar-refractivity contribution in [2.75, 3.05) is 6.54 Å². The van der Waals surface area contributed by atoms with Crippen LogP contribution >= 0.6 is 0 Å². The molecule has 2 atom stereocenters. The topological polar surface area (TPSA) is 73.7 Å². The number of carbonyl (C=O) groups is 1. The van der Waals surface area contributed by atoms with Crippen LogP contribution in [0, 0.1) is 11.6 Å². The maximum absolute atomic E-state index is 14.0. The lowest BCUT2D eigenvalue weighted by atomic mass is 10.0. The lowest BCUT2D eigenvalue weighted by Crippen LogP contribution is -2.32. The molecule has 2 aromatic rings. The van der Waals surface area contributed by atoms with Gasteiger partial charge in [0.1, 0.15) is 17.4 Å². The SMILES string of the molecule is O=C(c1ncccc1O)N1C[C@H](O)C[C@@H]1c1cc(F)ccc1F. The number of aliphatic hydroxyl groups excluding tert-OH is 1. The van der Waals surface area contributed by atoms with Crippen LogP contribution in [0.1, 0.15) is 28.5 Å². The first-order valence-electron chi connectivity index (χ1n) is 7.05. The monoisotopic (exact) mass is 320 g/mol. The summed E-state index contributed by atoms with van der Waals surface area (Å²) in [6, 6.07) is 4.93. The number of likely N-dealkylation sites (tertiary alicyclic amines) is 1. The van der Waals surface area contributed by atoms with E-state index < -0.39 is 29.7 Å². The van der Waals surface area contributed by atoms with Gasteiger partial charge >= 0.3 is 0 Å². The lowest BCUT2D eigenvalue weighted by Gasteiger charge is -2.25. The van der Waals surface area contributed by atoms with Crippen LogP contribution in [-0.4, -0.2) is 38.7 Å². The van der Waals surface area contributed by atoms with E-state index >= 15 is 0 Å². The van der Waals surface area contributed by atoms with Gasteiger partial charge in [-0.1, -0.05) is 0 Å². The highest BCUT2D eigenvalue weighted by molar-refractivity contribution is 5.95. The van der Waals surface area contributed by atoms with Crippen molar-refractivity contribution >= 4 is 5.91 Å². The van der Waals surface area contributed by atoms with E-state index in [9.17, 15) is 23.8 Å². The summed E-state index contributed by atoms with van der Waals surface area (Å²) in [6.07, 6.45) is 0.564. The number of nitrogens with zero attached hydrogens (tertiary/aromatic N) is 2. The number of aromatic nitrogens is 1. The van der Waals surface area contributed by atoms with Gasteiger partial charge in [0.2, 0.25) is 0 Å². The first-order chi connectivity index (χ1) is 11.0. The average molecular weight is 320 g/mol. The van der Waals surface area contributed by atoms with Crippen LogP contribution in [0.5, 0.6) is 5.75 Å². The van der Waals surface area contributed by atoms with Crippen LogP contribution < -0.4 is 0 Å². The third kappa shape index (κ3) is 2.87. The molecule has 0 unspecified atom stereocenters. The lowest BCUT2D eigenvalue weighted by molar-refractivity contribution is 0.0704. The molecule has 0 spiro atoms. The Labute approximate surface area is 130 Å². The largest absolute Gasteiger partial charge is 0.505 e. The van der Waals surface area contributed by atoms with Gasteiger partial charge in [-0.05, 0) is 36.8 Å². The molecule has 0 bridgehead atoms. The molecule has 1 aromatic carbocycles. The first kappa shape index (κ1) is 15.4. The molecule has 2 N–H and O–H groups in total. The van der Waals surface area contributed by atoms with Gasteiger partial charge in [-0.2, -0.15) is 0 Å². The van der Waals surface area contributed by atoms with Crippen LogP contribution in [0.3, 0.4) is 0 Å². The summed E-state index contributed by atoms with van der Waals surface area (Å²) in [6.45, 7) is -0.0462. The van der Waals surface area contributed by atoms with E-state index in [1.165, 1.54) is 23.2 Å². The van der Waals surface area contributed by atoms with E-state index in [0.717, 1.165) is 18.2 Å². The fourth-order valence-corrected chi connectivity index (χ4v) is 2.80. The van der Waals surface area contributed by atoms with E-state index in [4.69, 9.17) is 0 Å². The number of carbonyl (C=O) groups excluding carboxylic acids is 1. The number of pyridine rings is 1. The number of aliphatic hydroxyl groups is 1. The van der Waals surface area contributed by atoms with Crippen LogP contribution in [0.4, 0.5) is 8.78 Å². The van der Waals surface area contributed by atoms with Gasteiger partial charge in [0.15, 0.2) is 5.69 Å². The Kier molecular flexibility index (Phi) is 3.96. The summed E-state index contributed by atoms with van der Waals surface area (Å²) in [5, 5.41) is 19.6. The van der Waals surface area contributed by atoms with Gasteiger partial charge in [-0.25, -0.2) is 13.8 Å². The van der Waals surface area contributed by atoms with Crippen molar-refractivity contribution in [3.05, 3.63) is 59.4 Å². The summed E-state index contributed by atoms with van der Waals surface area (Å²) in [5.41, 5.74) is -0.200. The van der Waals surface area contributed by atoms with Crippen molar-refractivity contribution in [2.45, 2.75) is 18.6 Å². The third-order valence-electron chi connectivity index (χ3n) is 3.85. The minimum absolute atomic E-state index is 0.00896. The Morgan fingerprint density at radius 1 is 1.30 bits per heavy atom. The molecule has 23 heavy (non-hydrogen) atoms. The molecule has 2 heterocycles. The second-order valence-electron chi connectivity index (χ2n) is 5.40. The molecule has 3 rings (SSSR count). The normalized spacial score (nSPS) is 20.7. The molecule has 1 saturated heterocycles. The van der Waals surface area contributed by atoms with Gasteiger partial charge in [0, 0.05) is 18.3 Å². The number of hydrogen-bond donors (Lipinski definition) is 2. The molecular weight excluding hydrogens is 306 g/mol. The Hall–Kier alpha value is -2.54. The Morgan fingerprint density at radius 2 is 2.09 bits per heavy atom. The molecule has 1 aliphatic rings. The molecule has 5 nitrogen and oxygen atoms in total. The number of hydrogen-bond acceptors (Lipinski definition) is 4. The average Bonchev–Trinajstić information content (AvgIpc) is 2.91. The smallest absolute Gasteiger partial charge is 0.276 e. The molecule has 1 aliphatic heterocycles. The predicted molar refractivity (Wildman–Crippen MR) is 76.7 cm³/mol. The highest BCUT2D eigenvalue weighted by Crippen LogP contribution is 2.35. The van der Waals surface area contributed by atoms with Crippen LogP contribution in [0.2, 0.25) is 0 Å². The third-order valence-corrected chi connectivity index (χ3v) is 3.85. The van der Waals surface area contributed by atoms with E-state index in [-0.39, 0.29) is 30.0 Å².